The van der Waals surface area contributed by atoms with E-state index in [2.05, 4.69) is 204 Å². The fourth-order valence-corrected chi connectivity index (χ4v) is 7.88. The highest BCUT2D eigenvalue weighted by molar-refractivity contribution is 6.19. The summed E-state index contributed by atoms with van der Waals surface area (Å²) in [5, 5.41) is 7.51. The number of fused-ring (bicyclic) bond motifs is 5. The average molecular weight is 637 g/mol. The van der Waals surface area contributed by atoms with Crippen molar-refractivity contribution in [2.45, 2.75) is 0 Å². The van der Waals surface area contributed by atoms with Crippen molar-refractivity contribution in [2.24, 2.45) is 0 Å². The molecule has 9 aromatic carbocycles. The van der Waals surface area contributed by atoms with E-state index in [4.69, 9.17) is 0 Å². The Bertz CT molecular complexity index is 2710. The lowest BCUT2D eigenvalue weighted by Gasteiger charge is -2.34. The van der Waals surface area contributed by atoms with Gasteiger partial charge in [0.15, 0.2) is 0 Å². The third-order valence-electron chi connectivity index (χ3n) is 10.1. The smallest absolute Gasteiger partial charge is 0.0547 e. The lowest BCUT2D eigenvalue weighted by atomic mass is 9.87. The van der Waals surface area contributed by atoms with Crippen LogP contribution >= 0.6 is 0 Å². The number of nitrogens with zero attached hydrogens (tertiary/aromatic N) is 2. The second-order valence-corrected chi connectivity index (χ2v) is 13.0. The predicted octanol–water partition coefficient (Wildman–Crippen LogP) is 13.7. The van der Waals surface area contributed by atoms with Crippen molar-refractivity contribution in [1.82, 2.24) is 0 Å². The molecule has 0 spiro atoms. The highest BCUT2D eigenvalue weighted by atomic mass is 15.2. The number of rotatable bonds is 5. The molecule has 10 rings (SSSR count). The van der Waals surface area contributed by atoms with E-state index in [1.165, 1.54) is 65.9 Å². The van der Waals surface area contributed by atoms with Crippen molar-refractivity contribution < 1.29 is 0 Å². The van der Waals surface area contributed by atoms with Gasteiger partial charge in [0.05, 0.1) is 17.1 Å². The summed E-state index contributed by atoms with van der Waals surface area (Å²) in [6.07, 6.45) is 0. The number of anilines is 6. The van der Waals surface area contributed by atoms with Crippen LogP contribution in [0.4, 0.5) is 34.1 Å². The SMILES string of the molecule is c1ccc(-c2ccccc2N(c2ccc(N3c4ccc5ccccc5c4-c4cccc5cccc3c45)cc2)c2ccc3ccccc3c2)cc1. The Labute approximate surface area is 291 Å². The topological polar surface area (TPSA) is 6.48 Å². The molecule has 0 aliphatic carbocycles. The zero-order chi connectivity index (χ0) is 33.0. The van der Waals surface area contributed by atoms with Crippen LogP contribution in [0.2, 0.25) is 0 Å². The normalized spacial score (nSPS) is 12.0. The van der Waals surface area contributed by atoms with Gasteiger partial charge in [-0.3, -0.25) is 0 Å². The summed E-state index contributed by atoms with van der Waals surface area (Å²) in [6.45, 7) is 0. The van der Waals surface area contributed by atoms with Crippen molar-refractivity contribution >= 4 is 66.4 Å². The molecule has 1 aliphatic heterocycles. The minimum absolute atomic E-state index is 1.10. The van der Waals surface area contributed by atoms with Crippen molar-refractivity contribution in [2.75, 3.05) is 9.80 Å². The molecule has 1 heterocycles. The summed E-state index contributed by atoms with van der Waals surface area (Å²) >= 11 is 0. The van der Waals surface area contributed by atoms with E-state index < -0.39 is 0 Å². The quantitative estimate of drug-likeness (QED) is 0.185. The second kappa shape index (κ2) is 11.5. The van der Waals surface area contributed by atoms with Crippen molar-refractivity contribution in [3.63, 3.8) is 0 Å². The summed E-state index contributed by atoms with van der Waals surface area (Å²) in [4.78, 5) is 4.84. The molecule has 0 saturated heterocycles. The monoisotopic (exact) mass is 636 g/mol. The summed E-state index contributed by atoms with van der Waals surface area (Å²) in [7, 11) is 0. The molecule has 0 amide bonds. The van der Waals surface area contributed by atoms with E-state index >= 15 is 0 Å². The van der Waals surface area contributed by atoms with Crippen LogP contribution in [0.5, 0.6) is 0 Å². The Morgan fingerprint density at radius 2 is 1.02 bits per heavy atom. The molecule has 9 aromatic rings. The number of para-hydroxylation sites is 1. The molecule has 0 atom stereocenters. The molecule has 0 unspecified atom stereocenters. The van der Waals surface area contributed by atoms with Crippen LogP contribution in [0.15, 0.2) is 194 Å². The molecule has 0 fully saturated rings. The molecule has 0 bridgehead atoms. The Hall–Kier alpha value is -6.64. The molecule has 0 radical (unpaired) electrons. The van der Waals surface area contributed by atoms with Gasteiger partial charge in [0, 0.05) is 33.6 Å². The minimum Gasteiger partial charge on any atom is -0.310 e. The van der Waals surface area contributed by atoms with Gasteiger partial charge in [0.25, 0.3) is 0 Å². The Kier molecular flexibility index (Phi) is 6.53. The first kappa shape index (κ1) is 28.4. The molecule has 2 heteroatoms. The Morgan fingerprint density at radius 3 is 1.88 bits per heavy atom. The molecule has 0 N–H and O–H groups in total. The van der Waals surface area contributed by atoms with Gasteiger partial charge in [-0.25, -0.2) is 0 Å². The van der Waals surface area contributed by atoms with Crippen LogP contribution in [-0.2, 0) is 0 Å². The van der Waals surface area contributed by atoms with Crippen LogP contribution in [0.3, 0.4) is 0 Å². The highest BCUT2D eigenvalue weighted by Crippen LogP contribution is 2.53. The molecule has 0 aromatic heterocycles. The summed E-state index contributed by atoms with van der Waals surface area (Å²) in [5.74, 6) is 0. The zero-order valence-electron chi connectivity index (χ0n) is 27.4. The number of hydrogen-bond acceptors (Lipinski definition) is 2. The average Bonchev–Trinajstić information content (AvgIpc) is 3.19. The highest BCUT2D eigenvalue weighted by Gasteiger charge is 2.27. The van der Waals surface area contributed by atoms with Crippen molar-refractivity contribution in [1.29, 1.82) is 0 Å². The van der Waals surface area contributed by atoms with Crippen LogP contribution in [0.1, 0.15) is 0 Å². The number of hydrogen-bond donors (Lipinski definition) is 0. The largest absolute Gasteiger partial charge is 0.310 e. The molecular weight excluding hydrogens is 605 g/mol. The zero-order valence-corrected chi connectivity index (χ0v) is 27.4. The molecule has 234 valence electrons. The molecule has 50 heavy (non-hydrogen) atoms. The Morgan fingerprint density at radius 1 is 0.380 bits per heavy atom. The fourth-order valence-electron chi connectivity index (χ4n) is 7.88. The van der Waals surface area contributed by atoms with E-state index in [1.807, 2.05) is 0 Å². The maximum absolute atomic E-state index is 2.44. The lowest BCUT2D eigenvalue weighted by Crippen LogP contribution is -2.16. The molecule has 0 saturated carbocycles. The van der Waals surface area contributed by atoms with E-state index in [1.54, 1.807) is 0 Å². The van der Waals surface area contributed by atoms with E-state index in [9.17, 15) is 0 Å². The van der Waals surface area contributed by atoms with Crippen molar-refractivity contribution in [3.8, 4) is 22.3 Å². The lowest BCUT2D eigenvalue weighted by molar-refractivity contribution is 1.26. The van der Waals surface area contributed by atoms with E-state index in [0.29, 0.717) is 0 Å². The van der Waals surface area contributed by atoms with Gasteiger partial charge in [-0.05, 0) is 92.7 Å². The summed E-state index contributed by atoms with van der Waals surface area (Å²) in [6, 6.07) is 70.5. The van der Waals surface area contributed by atoms with Crippen LogP contribution in [0.25, 0.3) is 54.6 Å². The van der Waals surface area contributed by atoms with E-state index in [-0.39, 0.29) is 0 Å². The molecular formula is C48H32N2. The summed E-state index contributed by atoms with van der Waals surface area (Å²) in [5.41, 5.74) is 11.8. The molecule has 2 nitrogen and oxygen atoms in total. The standard InChI is InChI=1S/C48H32N2/c1-2-13-34(14-3-1)41-19-8-9-22-44(41)49(40-26-24-33-12-4-5-16-37(33)32-40)38-27-29-39(30-28-38)50-45-23-11-18-36-17-10-21-43(47(36)45)48-42-20-7-6-15-35(42)25-31-46(48)50/h1-32H. The first-order valence-corrected chi connectivity index (χ1v) is 17.2. The predicted molar refractivity (Wildman–Crippen MR) is 213 cm³/mol. The second-order valence-electron chi connectivity index (χ2n) is 13.0. The maximum Gasteiger partial charge on any atom is 0.0547 e. The molecule has 1 aliphatic rings. The van der Waals surface area contributed by atoms with Crippen molar-refractivity contribution in [3.05, 3.63) is 194 Å². The van der Waals surface area contributed by atoms with Gasteiger partial charge >= 0.3 is 0 Å². The van der Waals surface area contributed by atoms with E-state index in [0.717, 1.165) is 22.7 Å². The number of benzene rings is 9. The maximum atomic E-state index is 2.44. The Balaban J connectivity index is 1.17. The fraction of sp³-hybridized carbons (Fsp3) is 0. The van der Waals surface area contributed by atoms with Gasteiger partial charge in [-0.15, -0.1) is 0 Å². The first-order valence-electron chi connectivity index (χ1n) is 17.2. The van der Waals surface area contributed by atoms with Gasteiger partial charge < -0.3 is 9.80 Å². The first-order chi connectivity index (χ1) is 24.8. The van der Waals surface area contributed by atoms with Crippen LogP contribution < -0.4 is 9.80 Å². The third kappa shape index (κ3) is 4.50. The van der Waals surface area contributed by atoms with Crippen LogP contribution in [0, 0.1) is 0 Å². The summed E-state index contributed by atoms with van der Waals surface area (Å²) < 4.78 is 0. The third-order valence-corrected chi connectivity index (χ3v) is 10.1. The van der Waals surface area contributed by atoms with Gasteiger partial charge in [-0.2, -0.15) is 0 Å². The minimum atomic E-state index is 1.10. The van der Waals surface area contributed by atoms with Gasteiger partial charge in [0.2, 0.25) is 0 Å². The van der Waals surface area contributed by atoms with Gasteiger partial charge in [-0.1, -0.05) is 140 Å². The van der Waals surface area contributed by atoms with Gasteiger partial charge in [0.1, 0.15) is 0 Å². The van der Waals surface area contributed by atoms with Crippen LogP contribution in [-0.4, -0.2) is 0 Å².